The van der Waals surface area contributed by atoms with Gasteiger partial charge in [0, 0.05) is 35.6 Å². The molecule has 1 N–H and O–H groups in total. The van der Waals surface area contributed by atoms with Gasteiger partial charge in [0.2, 0.25) is 17.8 Å². The van der Waals surface area contributed by atoms with Crippen molar-refractivity contribution in [2.45, 2.75) is 32.3 Å². The Morgan fingerprint density at radius 2 is 1.79 bits per heavy atom. The lowest BCUT2D eigenvalue weighted by atomic mass is 10.1. The van der Waals surface area contributed by atoms with Gasteiger partial charge in [-0.1, -0.05) is 71.8 Å². The smallest absolute Gasteiger partial charge is 0.246 e. The summed E-state index contributed by atoms with van der Waals surface area (Å²) >= 11 is 6.08. The molecule has 2 heterocycles. The van der Waals surface area contributed by atoms with E-state index in [0.29, 0.717) is 29.8 Å². The van der Waals surface area contributed by atoms with Crippen molar-refractivity contribution in [3.63, 3.8) is 0 Å². The minimum Gasteiger partial charge on any atom is -0.376 e. The maximum Gasteiger partial charge on any atom is 0.246 e. The number of hydrogen-bond donors (Lipinski definition) is 1. The number of ether oxygens (including phenoxy) is 1. The molecule has 0 bridgehead atoms. The summed E-state index contributed by atoms with van der Waals surface area (Å²) < 4.78 is 7.62. The molecule has 2 amide bonds. The van der Waals surface area contributed by atoms with E-state index in [1.165, 1.54) is 0 Å². The van der Waals surface area contributed by atoms with E-state index >= 15 is 0 Å². The predicted molar refractivity (Wildman–Crippen MR) is 153 cm³/mol. The number of halogens is 1. The Kier molecular flexibility index (Phi) is 8.39. The molecule has 1 aliphatic rings. The molecule has 4 aromatic rings. The van der Waals surface area contributed by atoms with Gasteiger partial charge in [-0.2, -0.15) is 0 Å². The second-order valence-electron chi connectivity index (χ2n) is 9.78. The molecule has 0 aliphatic carbocycles. The predicted octanol–water partition coefficient (Wildman–Crippen LogP) is 5.69. The van der Waals surface area contributed by atoms with Crippen molar-refractivity contribution in [2.75, 3.05) is 25.0 Å². The van der Waals surface area contributed by atoms with Crippen LogP contribution in [0.2, 0.25) is 5.02 Å². The van der Waals surface area contributed by atoms with Gasteiger partial charge in [-0.3, -0.25) is 19.5 Å². The molecule has 1 fully saturated rings. The number of amides is 2. The number of nitrogens with one attached hydrogen (secondary N) is 1. The highest BCUT2D eigenvalue weighted by atomic mass is 35.5. The molecule has 0 spiro atoms. The van der Waals surface area contributed by atoms with Crippen LogP contribution in [0.1, 0.15) is 24.0 Å². The van der Waals surface area contributed by atoms with Crippen molar-refractivity contribution in [1.29, 1.82) is 0 Å². The van der Waals surface area contributed by atoms with Gasteiger partial charge in [-0.15, -0.1) is 0 Å². The number of nitrogens with zero attached hydrogens (tertiary/aromatic N) is 3. The number of benzene rings is 3. The van der Waals surface area contributed by atoms with Crippen molar-refractivity contribution in [2.24, 2.45) is 0 Å². The molecule has 3 aromatic carbocycles. The first-order valence-corrected chi connectivity index (χ1v) is 13.5. The molecule has 1 aliphatic heterocycles. The average molecular weight is 543 g/mol. The topological polar surface area (TPSA) is 76.5 Å². The lowest BCUT2D eigenvalue weighted by Crippen LogP contribution is -2.43. The van der Waals surface area contributed by atoms with Crippen LogP contribution < -0.4 is 5.32 Å². The Balaban J connectivity index is 1.38. The van der Waals surface area contributed by atoms with Crippen LogP contribution in [-0.2, 0) is 20.7 Å². The lowest BCUT2D eigenvalue weighted by Gasteiger charge is -2.25. The fraction of sp³-hybridized carbons (Fsp3) is 0.258. The molecule has 7 nitrogen and oxygen atoms in total. The van der Waals surface area contributed by atoms with Gasteiger partial charge >= 0.3 is 0 Å². The molecular formula is C31H31ClN4O3. The van der Waals surface area contributed by atoms with Crippen molar-refractivity contribution >= 4 is 29.4 Å². The van der Waals surface area contributed by atoms with Crippen molar-refractivity contribution < 1.29 is 14.3 Å². The van der Waals surface area contributed by atoms with E-state index in [0.717, 1.165) is 35.2 Å². The van der Waals surface area contributed by atoms with E-state index in [2.05, 4.69) is 5.32 Å². The van der Waals surface area contributed by atoms with Gasteiger partial charge < -0.3 is 9.64 Å². The Bertz CT molecular complexity index is 1410. The molecule has 5 rings (SSSR count). The molecule has 1 unspecified atom stereocenters. The summed E-state index contributed by atoms with van der Waals surface area (Å²) in [6.07, 6.45) is 3.87. The second-order valence-corrected chi connectivity index (χ2v) is 10.2. The zero-order valence-electron chi connectivity index (χ0n) is 21.8. The summed E-state index contributed by atoms with van der Waals surface area (Å²) in [5.41, 5.74) is 4.46. The van der Waals surface area contributed by atoms with Crippen LogP contribution in [0.15, 0.2) is 85.1 Å². The van der Waals surface area contributed by atoms with Crippen molar-refractivity contribution in [3.05, 3.63) is 101 Å². The SMILES string of the molecule is Cc1ccc(-n2cc(-c3ccc(Cl)cc3)nc2NC(=O)CN(CC2CCCO2)C(=O)Cc2ccccc2)cc1. The summed E-state index contributed by atoms with van der Waals surface area (Å²) in [6.45, 7) is 2.98. The Labute approximate surface area is 233 Å². The van der Waals surface area contributed by atoms with Crippen molar-refractivity contribution in [3.8, 4) is 16.9 Å². The molecule has 8 heteroatoms. The Morgan fingerprint density at radius 3 is 2.49 bits per heavy atom. The highest BCUT2D eigenvalue weighted by molar-refractivity contribution is 6.30. The van der Waals surface area contributed by atoms with Crippen LogP contribution in [0.25, 0.3) is 16.9 Å². The maximum atomic E-state index is 13.4. The second kappa shape index (κ2) is 12.3. The van der Waals surface area contributed by atoms with Crippen LogP contribution >= 0.6 is 11.6 Å². The quantitative estimate of drug-likeness (QED) is 0.295. The molecule has 0 saturated carbocycles. The molecule has 200 valence electrons. The maximum absolute atomic E-state index is 13.4. The zero-order chi connectivity index (χ0) is 27.2. The minimum atomic E-state index is -0.323. The zero-order valence-corrected chi connectivity index (χ0v) is 22.6. The van der Waals surface area contributed by atoms with Gasteiger partial charge in [-0.25, -0.2) is 4.98 Å². The normalized spacial score (nSPS) is 14.8. The number of imidazole rings is 1. The Morgan fingerprint density at radius 1 is 1.05 bits per heavy atom. The monoisotopic (exact) mass is 542 g/mol. The van der Waals surface area contributed by atoms with Crippen LogP contribution in [0.3, 0.4) is 0 Å². The van der Waals surface area contributed by atoms with Crippen LogP contribution in [0.5, 0.6) is 0 Å². The number of rotatable bonds is 9. The summed E-state index contributed by atoms with van der Waals surface area (Å²) in [4.78, 5) is 33.0. The number of aryl methyl sites for hydroxylation is 1. The third-order valence-electron chi connectivity index (χ3n) is 6.74. The number of hydrogen-bond acceptors (Lipinski definition) is 4. The van der Waals surface area contributed by atoms with E-state index in [-0.39, 0.29) is 30.9 Å². The van der Waals surface area contributed by atoms with Crippen LogP contribution in [0, 0.1) is 6.92 Å². The van der Waals surface area contributed by atoms with Gasteiger partial charge in [0.25, 0.3) is 0 Å². The van der Waals surface area contributed by atoms with Gasteiger partial charge in [0.15, 0.2) is 0 Å². The van der Waals surface area contributed by atoms with E-state index in [1.807, 2.05) is 84.4 Å². The van der Waals surface area contributed by atoms with Crippen LogP contribution in [0.4, 0.5) is 5.95 Å². The molecular weight excluding hydrogens is 512 g/mol. The average Bonchev–Trinajstić information content (AvgIpc) is 3.60. The number of carbonyl (C=O) groups is 2. The van der Waals surface area contributed by atoms with E-state index < -0.39 is 0 Å². The first-order chi connectivity index (χ1) is 18.9. The third-order valence-corrected chi connectivity index (χ3v) is 6.99. The summed E-state index contributed by atoms with van der Waals surface area (Å²) in [6, 6.07) is 24.9. The first-order valence-electron chi connectivity index (χ1n) is 13.1. The fourth-order valence-electron chi connectivity index (χ4n) is 4.64. The molecule has 1 atom stereocenters. The molecule has 1 saturated heterocycles. The van der Waals surface area contributed by atoms with E-state index in [4.69, 9.17) is 21.3 Å². The van der Waals surface area contributed by atoms with E-state index in [1.54, 1.807) is 17.0 Å². The lowest BCUT2D eigenvalue weighted by molar-refractivity contribution is -0.135. The highest BCUT2D eigenvalue weighted by Crippen LogP contribution is 2.26. The molecule has 39 heavy (non-hydrogen) atoms. The summed E-state index contributed by atoms with van der Waals surface area (Å²) in [5.74, 6) is -0.0621. The van der Waals surface area contributed by atoms with Crippen LogP contribution in [-0.4, -0.2) is 52.1 Å². The number of carbonyl (C=O) groups excluding carboxylic acids is 2. The largest absolute Gasteiger partial charge is 0.376 e. The standard InChI is InChI=1S/C31H31ClN4O3/c1-22-9-15-26(16-10-22)36-20-28(24-11-13-25(32)14-12-24)33-31(36)34-29(37)21-35(19-27-8-5-17-39-27)30(38)18-23-6-3-2-4-7-23/h2-4,6-7,9-16,20,27H,5,8,17-19,21H2,1H3,(H,33,34,37). The molecule has 0 radical (unpaired) electrons. The Hall–Kier alpha value is -3.94. The highest BCUT2D eigenvalue weighted by Gasteiger charge is 2.25. The minimum absolute atomic E-state index is 0.0661. The van der Waals surface area contributed by atoms with E-state index in [9.17, 15) is 9.59 Å². The van der Waals surface area contributed by atoms with Gasteiger partial charge in [0.1, 0.15) is 6.54 Å². The molecule has 1 aromatic heterocycles. The third kappa shape index (κ3) is 6.93. The fourth-order valence-corrected chi connectivity index (χ4v) is 4.76. The number of anilines is 1. The van der Waals surface area contributed by atoms with Gasteiger partial charge in [-0.05, 0) is 49.6 Å². The summed E-state index contributed by atoms with van der Waals surface area (Å²) in [5, 5.41) is 3.59. The summed E-state index contributed by atoms with van der Waals surface area (Å²) in [7, 11) is 0. The van der Waals surface area contributed by atoms with Crippen molar-refractivity contribution in [1.82, 2.24) is 14.5 Å². The first kappa shape index (κ1) is 26.7. The van der Waals surface area contributed by atoms with Gasteiger partial charge in [0.05, 0.1) is 18.2 Å². The number of aromatic nitrogens is 2.